The first kappa shape index (κ1) is 21.4. The summed E-state index contributed by atoms with van der Waals surface area (Å²) in [5, 5.41) is 6.71. The van der Waals surface area contributed by atoms with Gasteiger partial charge in [-0.3, -0.25) is 4.99 Å². The van der Waals surface area contributed by atoms with Crippen molar-refractivity contribution >= 4 is 17.5 Å². The Kier molecular flexibility index (Phi) is 7.19. The summed E-state index contributed by atoms with van der Waals surface area (Å²) in [5.74, 6) is 1.57. The van der Waals surface area contributed by atoms with Gasteiger partial charge in [0.25, 0.3) is 0 Å². The summed E-state index contributed by atoms with van der Waals surface area (Å²) in [6.07, 6.45) is 4.38. The van der Waals surface area contributed by atoms with E-state index < -0.39 is 0 Å². The van der Waals surface area contributed by atoms with Crippen molar-refractivity contribution in [2.45, 2.75) is 25.5 Å². The summed E-state index contributed by atoms with van der Waals surface area (Å²) in [6, 6.07) is 10.9. The quantitative estimate of drug-likeness (QED) is 0.546. The van der Waals surface area contributed by atoms with Gasteiger partial charge in [-0.1, -0.05) is 0 Å². The van der Waals surface area contributed by atoms with Crippen molar-refractivity contribution in [3.8, 4) is 0 Å². The molecular weight excluding hydrogens is 395 g/mol. The molecule has 166 valence electrons. The van der Waals surface area contributed by atoms with Gasteiger partial charge in [0.05, 0.1) is 6.10 Å². The van der Waals surface area contributed by atoms with Crippen LogP contribution in [0, 0.1) is 5.82 Å². The summed E-state index contributed by atoms with van der Waals surface area (Å²) in [7, 11) is 1.78. The minimum Gasteiger partial charge on any atom is -0.376 e. The van der Waals surface area contributed by atoms with Crippen LogP contribution in [-0.2, 0) is 11.3 Å². The van der Waals surface area contributed by atoms with Crippen molar-refractivity contribution in [1.29, 1.82) is 0 Å². The highest BCUT2D eigenvalue weighted by Crippen LogP contribution is 2.20. The van der Waals surface area contributed by atoms with Crippen LogP contribution in [0.4, 0.5) is 15.9 Å². The number of aromatic nitrogens is 1. The predicted molar refractivity (Wildman–Crippen MR) is 122 cm³/mol. The average molecular weight is 427 g/mol. The number of ether oxygens (including phenoxy) is 1. The van der Waals surface area contributed by atoms with E-state index in [9.17, 15) is 4.39 Å². The lowest BCUT2D eigenvalue weighted by atomic mass is 10.2. The maximum absolute atomic E-state index is 13.2. The summed E-state index contributed by atoms with van der Waals surface area (Å²) in [5.41, 5.74) is 2.22. The van der Waals surface area contributed by atoms with Gasteiger partial charge in [-0.2, -0.15) is 0 Å². The third-order valence-corrected chi connectivity index (χ3v) is 5.81. The molecule has 2 aliphatic heterocycles. The standard InChI is InChI=1S/C23H31FN6O/c1-25-23(28-17-21-3-2-14-31-21)27-16-18-8-9-26-22(15-18)30-12-10-29(11-13-30)20-6-4-19(24)5-7-20/h4-9,15,21H,2-3,10-14,16-17H2,1H3,(H2,25,27,28). The van der Waals surface area contributed by atoms with Crippen molar-refractivity contribution in [3.05, 3.63) is 54.0 Å². The van der Waals surface area contributed by atoms with Gasteiger partial charge >= 0.3 is 0 Å². The number of pyridine rings is 1. The third kappa shape index (κ3) is 5.85. The zero-order valence-corrected chi connectivity index (χ0v) is 18.1. The molecule has 0 radical (unpaired) electrons. The van der Waals surface area contributed by atoms with Crippen molar-refractivity contribution in [1.82, 2.24) is 15.6 Å². The van der Waals surface area contributed by atoms with Crippen LogP contribution in [0.1, 0.15) is 18.4 Å². The Balaban J connectivity index is 1.27. The molecule has 0 spiro atoms. The van der Waals surface area contributed by atoms with E-state index in [1.807, 2.05) is 24.4 Å². The normalized spacial score (nSPS) is 19.5. The molecule has 2 fully saturated rings. The highest BCUT2D eigenvalue weighted by Gasteiger charge is 2.19. The van der Waals surface area contributed by atoms with E-state index in [0.29, 0.717) is 6.54 Å². The molecule has 2 aromatic rings. The van der Waals surface area contributed by atoms with Crippen LogP contribution in [0.2, 0.25) is 0 Å². The molecule has 7 nitrogen and oxygen atoms in total. The number of anilines is 2. The fraction of sp³-hybridized carbons (Fsp3) is 0.478. The van der Waals surface area contributed by atoms with Gasteiger partial charge in [0.15, 0.2) is 5.96 Å². The molecule has 0 amide bonds. The lowest BCUT2D eigenvalue weighted by Gasteiger charge is -2.36. The van der Waals surface area contributed by atoms with Gasteiger partial charge in [0, 0.05) is 64.8 Å². The largest absolute Gasteiger partial charge is 0.376 e. The van der Waals surface area contributed by atoms with Crippen LogP contribution in [0.15, 0.2) is 47.6 Å². The van der Waals surface area contributed by atoms with Crippen LogP contribution in [0.5, 0.6) is 0 Å². The number of hydrogen-bond donors (Lipinski definition) is 2. The summed E-state index contributed by atoms with van der Waals surface area (Å²) in [4.78, 5) is 13.5. The van der Waals surface area contributed by atoms with Crippen molar-refractivity contribution < 1.29 is 9.13 Å². The Morgan fingerprint density at radius 3 is 2.61 bits per heavy atom. The van der Waals surface area contributed by atoms with Crippen molar-refractivity contribution in [3.63, 3.8) is 0 Å². The zero-order valence-electron chi connectivity index (χ0n) is 18.1. The van der Waals surface area contributed by atoms with E-state index in [1.165, 1.54) is 12.1 Å². The number of nitrogens with zero attached hydrogens (tertiary/aromatic N) is 4. The molecule has 0 aliphatic carbocycles. The molecule has 4 rings (SSSR count). The lowest BCUT2D eigenvalue weighted by Crippen LogP contribution is -2.46. The third-order valence-electron chi connectivity index (χ3n) is 5.81. The van der Waals surface area contributed by atoms with Crippen LogP contribution in [0.3, 0.4) is 0 Å². The first-order valence-corrected chi connectivity index (χ1v) is 11.0. The van der Waals surface area contributed by atoms with E-state index in [4.69, 9.17) is 4.74 Å². The summed E-state index contributed by atoms with van der Waals surface area (Å²) < 4.78 is 18.8. The molecule has 8 heteroatoms. The first-order chi connectivity index (χ1) is 15.2. The molecule has 0 saturated carbocycles. The molecule has 1 aromatic carbocycles. The number of rotatable bonds is 6. The molecule has 1 aromatic heterocycles. The predicted octanol–water partition coefficient (Wildman–Crippen LogP) is 2.39. The highest BCUT2D eigenvalue weighted by molar-refractivity contribution is 5.79. The van der Waals surface area contributed by atoms with Crippen molar-refractivity contribution in [2.75, 3.05) is 56.2 Å². The Labute approximate surface area is 183 Å². The summed E-state index contributed by atoms with van der Waals surface area (Å²) in [6.45, 7) is 5.84. The minimum atomic E-state index is -0.199. The average Bonchev–Trinajstić information content (AvgIpc) is 3.34. The van der Waals surface area contributed by atoms with E-state index in [2.05, 4.69) is 36.5 Å². The number of aliphatic imine (C=N–C) groups is 1. The van der Waals surface area contributed by atoms with Crippen molar-refractivity contribution in [2.24, 2.45) is 4.99 Å². The Hall–Kier alpha value is -2.87. The molecule has 1 atom stereocenters. The van der Waals surface area contributed by atoms with E-state index in [-0.39, 0.29) is 11.9 Å². The molecular formula is C23H31FN6O. The fourth-order valence-electron chi connectivity index (χ4n) is 4.01. The summed E-state index contributed by atoms with van der Waals surface area (Å²) >= 11 is 0. The smallest absolute Gasteiger partial charge is 0.191 e. The second-order valence-electron chi connectivity index (χ2n) is 7.91. The van der Waals surface area contributed by atoms with Gasteiger partial charge in [0.2, 0.25) is 0 Å². The Bertz CT molecular complexity index is 861. The molecule has 2 aliphatic rings. The van der Waals surface area contributed by atoms with Crippen LogP contribution in [0.25, 0.3) is 0 Å². The number of piperazine rings is 1. The SMILES string of the molecule is CN=C(NCc1ccnc(N2CCN(c3ccc(F)cc3)CC2)c1)NCC1CCCO1. The van der Waals surface area contributed by atoms with E-state index in [0.717, 1.165) is 75.2 Å². The monoisotopic (exact) mass is 426 g/mol. The molecule has 31 heavy (non-hydrogen) atoms. The maximum Gasteiger partial charge on any atom is 0.191 e. The molecule has 1 unspecified atom stereocenters. The van der Waals surface area contributed by atoms with Crippen LogP contribution in [-0.4, -0.2) is 63.4 Å². The number of benzene rings is 1. The first-order valence-electron chi connectivity index (χ1n) is 11.0. The van der Waals surface area contributed by atoms with Gasteiger partial charge in [-0.05, 0) is 54.8 Å². The second-order valence-corrected chi connectivity index (χ2v) is 7.91. The Morgan fingerprint density at radius 2 is 1.90 bits per heavy atom. The molecule has 3 heterocycles. The lowest BCUT2D eigenvalue weighted by molar-refractivity contribution is 0.114. The number of halogens is 1. The van der Waals surface area contributed by atoms with Gasteiger partial charge < -0.3 is 25.2 Å². The molecule has 0 bridgehead atoms. The van der Waals surface area contributed by atoms with E-state index >= 15 is 0 Å². The minimum absolute atomic E-state index is 0.199. The van der Waals surface area contributed by atoms with Gasteiger partial charge in [-0.15, -0.1) is 0 Å². The molecule has 2 N–H and O–H groups in total. The zero-order chi connectivity index (χ0) is 21.5. The number of guanidine groups is 1. The van der Waals surface area contributed by atoms with Gasteiger partial charge in [-0.25, -0.2) is 9.37 Å². The second kappa shape index (κ2) is 10.4. The Morgan fingerprint density at radius 1 is 1.13 bits per heavy atom. The topological polar surface area (TPSA) is 65.0 Å². The van der Waals surface area contributed by atoms with E-state index in [1.54, 1.807) is 7.05 Å². The maximum atomic E-state index is 13.2. The highest BCUT2D eigenvalue weighted by atomic mass is 19.1. The number of nitrogens with one attached hydrogen (secondary N) is 2. The number of hydrogen-bond acceptors (Lipinski definition) is 5. The fourth-order valence-corrected chi connectivity index (χ4v) is 4.01. The van der Waals surface area contributed by atoms with Crippen LogP contribution >= 0.6 is 0 Å². The molecule has 2 saturated heterocycles. The van der Waals surface area contributed by atoms with Gasteiger partial charge in [0.1, 0.15) is 11.6 Å². The van der Waals surface area contributed by atoms with Crippen LogP contribution < -0.4 is 20.4 Å².